The lowest BCUT2D eigenvalue weighted by Gasteiger charge is -2.30. The fourth-order valence-electron chi connectivity index (χ4n) is 2.62. The van der Waals surface area contributed by atoms with Crippen LogP contribution in [0.25, 0.3) is 5.69 Å². The van der Waals surface area contributed by atoms with Crippen LogP contribution in [-0.2, 0) is 11.3 Å². The number of carbonyl (C=O) groups excluding carboxylic acids is 1. The quantitative estimate of drug-likeness (QED) is 0.747. The molecule has 0 fully saturated rings. The Hall–Kier alpha value is -2.74. The molecule has 1 atom stereocenters. The number of benzene rings is 1. The van der Waals surface area contributed by atoms with Crippen LogP contribution in [-0.4, -0.2) is 25.7 Å². The number of carbonyl (C=O) groups is 1. The van der Waals surface area contributed by atoms with E-state index in [1.807, 2.05) is 35.7 Å². The molecular formula is C18H21N5O2S. The number of rotatable bonds is 5. The Labute approximate surface area is 155 Å². The van der Waals surface area contributed by atoms with E-state index in [9.17, 15) is 9.59 Å². The molecule has 1 unspecified atom stereocenters. The lowest BCUT2D eigenvalue weighted by molar-refractivity contribution is -0.123. The number of thiophene rings is 1. The average molecular weight is 371 g/mol. The third-order valence-electron chi connectivity index (χ3n) is 3.93. The summed E-state index contributed by atoms with van der Waals surface area (Å²) in [5, 5.41) is 12.7. The molecule has 2 aromatic heterocycles. The van der Waals surface area contributed by atoms with Crippen molar-refractivity contribution in [2.45, 2.75) is 33.4 Å². The number of para-hydroxylation sites is 1. The van der Waals surface area contributed by atoms with Crippen molar-refractivity contribution in [3.8, 4) is 5.69 Å². The van der Waals surface area contributed by atoms with Crippen molar-refractivity contribution >= 4 is 17.2 Å². The van der Waals surface area contributed by atoms with Gasteiger partial charge in [0.1, 0.15) is 6.54 Å². The maximum atomic E-state index is 12.5. The van der Waals surface area contributed by atoms with Crippen LogP contribution >= 0.6 is 11.3 Å². The van der Waals surface area contributed by atoms with E-state index in [0.29, 0.717) is 5.69 Å². The first-order chi connectivity index (χ1) is 12.4. The molecule has 1 N–H and O–H groups in total. The number of nitrogens with one attached hydrogen (secondary N) is 1. The molecule has 3 rings (SSSR count). The molecule has 2 heterocycles. The van der Waals surface area contributed by atoms with E-state index in [1.54, 1.807) is 23.5 Å². The number of tetrazole rings is 1. The van der Waals surface area contributed by atoms with Crippen molar-refractivity contribution in [2.24, 2.45) is 5.41 Å². The van der Waals surface area contributed by atoms with Gasteiger partial charge in [0.2, 0.25) is 5.91 Å². The van der Waals surface area contributed by atoms with Gasteiger partial charge in [0.25, 0.3) is 0 Å². The topological polar surface area (TPSA) is 81.8 Å². The van der Waals surface area contributed by atoms with Gasteiger partial charge < -0.3 is 5.32 Å². The molecule has 8 heteroatoms. The second-order valence-corrected chi connectivity index (χ2v) is 8.03. The first kappa shape index (κ1) is 18.1. The number of amides is 1. The van der Waals surface area contributed by atoms with Gasteiger partial charge in [0, 0.05) is 4.88 Å². The van der Waals surface area contributed by atoms with Crippen molar-refractivity contribution < 1.29 is 4.79 Å². The van der Waals surface area contributed by atoms with Gasteiger partial charge >= 0.3 is 5.69 Å². The molecule has 0 saturated heterocycles. The zero-order valence-corrected chi connectivity index (χ0v) is 15.7. The molecule has 0 aliphatic heterocycles. The molecule has 26 heavy (non-hydrogen) atoms. The zero-order valence-electron chi connectivity index (χ0n) is 14.9. The summed E-state index contributed by atoms with van der Waals surface area (Å²) in [6, 6.07) is 12.8. The summed E-state index contributed by atoms with van der Waals surface area (Å²) in [7, 11) is 0. The first-order valence-corrected chi connectivity index (χ1v) is 9.15. The van der Waals surface area contributed by atoms with Crippen LogP contribution in [0, 0.1) is 5.41 Å². The molecule has 1 aromatic carbocycles. The highest BCUT2D eigenvalue weighted by Gasteiger charge is 2.29. The molecule has 0 spiro atoms. The van der Waals surface area contributed by atoms with Crippen LogP contribution in [0.4, 0.5) is 0 Å². The Kier molecular flexibility index (Phi) is 5.03. The molecule has 0 bridgehead atoms. The monoisotopic (exact) mass is 371 g/mol. The summed E-state index contributed by atoms with van der Waals surface area (Å²) in [4.78, 5) is 26.0. The second kappa shape index (κ2) is 7.25. The lowest BCUT2D eigenvalue weighted by Crippen LogP contribution is -2.39. The summed E-state index contributed by atoms with van der Waals surface area (Å²) >= 11 is 1.60. The maximum absolute atomic E-state index is 12.5. The van der Waals surface area contributed by atoms with E-state index in [4.69, 9.17) is 0 Å². The Bertz CT molecular complexity index is 923. The van der Waals surface area contributed by atoms with Gasteiger partial charge in [-0.3, -0.25) is 4.79 Å². The van der Waals surface area contributed by atoms with Crippen molar-refractivity contribution in [1.29, 1.82) is 0 Å². The highest BCUT2D eigenvalue weighted by atomic mass is 32.1. The van der Waals surface area contributed by atoms with Gasteiger partial charge in [-0.15, -0.1) is 11.3 Å². The largest absolute Gasteiger partial charge is 0.368 e. The van der Waals surface area contributed by atoms with E-state index in [1.165, 1.54) is 4.68 Å². The number of aromatic nitrogens is 4. The highest BCUT2D eigenvalue weighted by Crippen LogP contribution is 2.34. The van der Waals surface area contributed by atoms with E-state index in [0.717, 1.165) is 9.56 Å². The van der Waals surface area contributed by atoms with Crippen molar-refractivity contribution in [2.75, 3.05) is 0 Å². The Balaban J connectivity index is 1.76. The van der Waals surface area contributed by atoms with Crippen LogP contribution in [0.5, 0.6) is 0 Å². The number of nitrogens with zero attached hydrogens (tertiary/aromatic N) is 4. The maximum Gasteiger partial charge on any atom is 0.368 e. The van der Waals surface area contributed by atoms with Gasteiger partial charge in [-0.25, -0.2) is 4.79 Å². The first-order valence-electron chi connectivity index (χ1n) is 8.27. The van der Waals surface area contributed by atoms with E-state index < -0.39 is 5.69 Å². The Morgan fingerprint density at radius 1 is 1.15 bits per heavy atom. The summed E-state index contributed by atoms with van der Waals surface area (Å²) in [5.41, 5.74) is -0.00211. The second-order valence-electron chi connectivity index (χ2n) is 7.05. The fourth-order valence-corrected chi connectivity index (χ4v) is 3.64. The smallest absolute Gasteiger partial charge is 0.346 e. The molecule has 1 amide bonds. The normalized spacial score (nSPS) is 12.7. The summed E-state index contributed by atoms with van der Waals surface area (Å²) < 4.78 is 2.24. The predicted octanol–water partition coefficient (Wildman–Crippen LogP) is 2.39. The van der Waals surface area contributed by atoms with E-state index >= 15 is 0 Å². The van der Waals surface area contributed by atoms with Crippen LogP contribution < -0.4 is 11.0 Å². The molecule has 7 nitrogen and oxygen atoms in total. The van der Waals surface area contributed by atoms with Crippen molar-refractivity contribution in [1.82, 2.24) is 25.1 Å². The van der Waals surface area contributed by atoms with Gasteiger partial charge in [0.15, 0.2) is 0 Å². The predicted molar refractivity (Wildman–Crippen MR) is 100 cm³/mol. The molecule has 136 valence electrons. The van der Waals surface area contributed by atoms with Crippen molar-refractivity contribution in [3.63, 3.8) is 0 Å². The Morgan fingerprint density at radius 3 is 2.50 bits per heavy atom. The highest BCUT2D eigenvalue weighted by molar-refractivity contribution is 7.10. The SMILES string of the molecule is CC(C)(C)C(NC(=O)Cn1nnn(-c2ccccc2)c1=O)c1cccs1. The third-order valence-corrected chi connectivity index (χ3v) is 4.87. The molecule has 0 aliphatic rings. The van der Waals surface area contributed by atoms with Gasteiger partial charge in [-0.1, -0.05) is 45.0 Å². The van der Waals surface area contributed by atoms with Gasteiger partial charge in [-0.2, -0.15) is 9.36 Å². The number of hydrogen-bond acceptors (Lipinski definition) is 5. The van der Waals surface area contributed by atoms with Gasteiger partial charge in [0.05, 0.1) is 11.7 Å². The summed E-state index contributed by atoms with van der Waals surface area (Å²) in [6.45, 7) is 6.02. The Morgan fingerprint density at radius 2 is 1.88 bits per heavy atom. The van der Waals surface area contributed by atoms with Crippen LogP contribution in [0.1, 0.15) is 31.7 Å². The number of hydrogen-bond donors (Lipinski definition) is 1. The summed E-state index contributed by atoms with van der Waals surface area (Å²) in [6.07, 6.45) is 0. The average Bonchev–Trinajstić information content (AvgIpc) is 3.23. The standard InChI is InChI=1S/C18H21N5O2S/c1-18(2,3)16(14-10-7-11-26-14)19-15(24)12-22-17(25)23(21-20-22)13-8-5-4-6-9-13/h4-11,16H,12H2,1-3H3,(H,19,24). The minimum Gasteiger partial charge on any atom is -0.346 e. The molecule has 0 aliphatic carbocycles. The van der Waals surface area contributed by atoms with E-state index in [2.05, 4.69) is 36.5 Å². The van der Waals surface area contributed by atoms with E-state index in [-0.39, 0.29) is 23.9 Å². The molecule has 0 radical (unpaired) electrons. The zero-order chi connectivity index (χ0) is 18.7. The third kappa shape index (κ3) is 3.91. The fraction of sp³-hybridized carbons (Fsp3) is 0.333. The van der Waals surface area contributed by atoms with Crippen molar-refractivity contribution in [3.05, 3.63) is 63.2 Å². The van der Waals surface area contributed by atoms with Crippen LogP contribution in [0.15, 0.2) is 52.6 Å². The summed E-state index contributed by atoms with van der Waals surface area (Å²) in [5.74, 6) is -0.277. The molecule has 0 saturated carbocycles. The molecular weight excluding hydrogens is 350 g/mol. The van der Waals surface area contributed by atoms with Gasteiger partial charge in [-0.05, 0) is 39.4 Å². The minimum absolute atomic E-state index is 0.144. The molecule has 3 aromatic rings. The lowest BCUT2D eigenvalue weighted by atomic mass is 9.86. The van der Waals surface area contributed by atoms with Crippen LogP contribution in [0.2, 0.25) is 0 Å². The minimum atomic E-state index is -0.449. The van der Waals surface area contributed by atoms with Crippen LogP contribution in [0.3, 0.4) is 0 Å².